The maximum atomic E-state index is 12.6. The highest BCUT2D eigenvalue weighted by Crippen LogP contribution is 2.29. The fourth-order valence-electron chi connectivity index (χ4n) is 2.32. The van der Waals surface area contributed by atoms with Gasteiger partial charge in [-0.2, -0.15) is 4.72 Å². The standard InChI is InChI=1S/C17H17NO2S3/c1-2-13-7-9-14(10-8-13)17(15-5-3-11-21-15)18-23(19,20)16-6-4-12-22-16/h3-12,17-18H,2H2,1H3. The van der Waals surface area contributed by atoms with Gasteiger partial charge in [-0.3, -0.25) is 0 Å². The average molecular weight is 364 g/mol. The lowest BCUT2D eigenvalue weighted by Gasteiger charge is -2.18. The maximum Gasteiger partial charge on any atom is 0.250 e. The van der Waals surface area contributed by atoms with Crippen molar-refractivity contribution in [2.45, 2.75) is 23.6 Å². The maximum absolute atomic E-state index is 12.6. The van der Waals surface area contributed by atoms with Crippen molar-refractivity contribution >= 4 is 32.7 Å². The van der Waals surface area contributed by atoms with Crippen LogP contribution in [-0.4, -0.2) is 8.42 Å². The minimum atomic E-state index is -3.53. The fraction of sp³-hybridized carbons (Fsp3) is 0.176. The third-order valence-corrected chi connectivity index (χ3v) is 7.34. The Morgan fingerprint density at radius 3 is 2.26 bits per heavy atom. The minimum Gasteiger partial charge on any atom is -0.206 e. The first kappa shape index (κ1) is 16.4. The van der Waals surface area contributed by atoms with E-state index in [0.717, 1.165) is 16.9 Å². The fourth-order valence-corrected chi connectivity index (χ4v) is 5.41. The molecule has 2 heterocycles. The molecule has 1 atom stereocenters. The zero-order valence-corrected chi connectivity index (χ0v) is 15.0. The lowest BCUT2D eigenvalue weighted by Crippen LogP contribution is -2.28. The molecular weight excluding hydrogens is 346 g/mol. The van der Waals surface area contributed by atoms with Crippen molar-refractivity contribution in [3.05, 3.63) is 75.3 Å². The number of thiophene rings is 2. The van der Waals surface area contributed by atoms with E-state index in [1.54, 1.807) is 28.8 Å². The van der Waals surface area contributed by atoms with E-state index in [0.29, 0.717) is 4.21 Å². The molecule has 0 amide bonds. The van der Waals surface area contributed by atoms with Gasteiger partial charge in [-0.25, -0.2) is 8.42 Å². The van der Waals surface area contributed by atoms with Crippen molar-refractivity contribution in [2.24, 2.45) is 0 Å². The van der Waals surface area contributed by atoms with Crippen LogP contribution in [0.2, 0.25) is 0 Å². The summed E-state index contributed by atoms with van der Waals surface area (Å²) in [6, 6.07) is 15.0. The Bertz CT molecular complexity index is 836. The third-order valence-electron chi connectivity index (χ3n) is 3.58. The van der Waals surface area contributed by atoms with Gasteiger partial charge in [0.15, 0.2) is 0 Å². The second-order valence-corrected chi connectivity index (χ2v) is 8.96. The van der Waals surface area contributed by atoms with Gasteiger partial charge in [0, 0.05) is 4.88 Å². The predicted octanol–water partition coefficient (Wildman–Crippen LogP) is 4.44. The molecule has 0 saturated heterocycles. The number of nitrogens with one attached hydrogen (secondary N) is 1. The van der Waals surface area contributed by atoms with Gasteiger partial charge < -0.3 is 0 Å². The van der Waals surface area contributed by atoms with Crippen LogP contribution in [0.5, 0.6) is 0 Å². The SMILES string of the molecule is CCc1ccc(C(NS(=O)(=O)c2cccs2)c2cccs2)cc1. The van der Waals surface area contributed by atoms with E-state index >= 15 is 0 Å². The van der Waals surface area contributed by atoms with Crippen LogP contribution in [0.15, 0.2) is 63.5 Å². The summed E-state index contributed by atoms with van der Waals surface area (Å²) in [6.07, 6.45) is 0.963. The van der Waals surface area contributed by atoms with E-state index in [1.807, 2.05) is 29.6 Å². The van der Waals surface area contributed by atoms with Crippen molar-refractivity contribution in [3.8, 4) is 0 Å². The van der Waals surface area contributed by atoms with E-state index in [4.69, 9.17) is 0 Å². The second-order valence-electron chi connectivity index (χ2n) is 5.10. The van der Waals surface area contributed by atoms with Crippen molar-refractivity contribution in [1.82, 2.24) is 4.72 Å². The number of hydrogen-bond acceptors (Lipinski definition) is 4. The summed E-state index contributed by atoms with van der Waals surface area (Å²) in [5.74, 6) is 0. The zero-order chi connectivity index (χ0) is 16.3. The molecule has 3 nitrogen and oxygen atoms in total. The van der Waals surface area contributed by atoms with Gasteiger partial charge in [-0.05, 0) is 40.4 Å². The molecule has 0 aliphatic rings. The predicted molar refractivity (Wildman–Crippen MR) is 96.6 cm³/mol. The topological polar surface area (TPSA) is 46.2 Å². The average Bonchev–Trinajstić information content (AvgIpc) is 3.26. The van der Waals surface area contributed by atoms with Crippen molar-refractivity contribution in [3.63, 3.8) is 0 Å². The molecule has 0 spiro atoms. The Hall–Kier alpha value is -1.47. The molecule has 0 aliphatic heterocycles. The summed E-state index contributed by atoms with van der Waals surface area (Å²) in [7, 11) is -3.53. The molecule has 0 saturated carbocycles. The van der Waals surface area contributed by atoms with E-state index < -0.39 is 10.0 Å². The molecule has 2 aromatic heterocycles. The van der Waals surface area contributed by atoms with Gasteiger partial charge in [-0.1, -0.05) is 43.3 Å². The summed E-state index contributed by atoms with van der Waals surface area (Å²) >= 11 is 2.77. The minimum absolute atomic E-state index is 0.337. The molecule has 0 bridgehead atoms. The smallest absolute Gasteiger partial charge is 0.206 e. The Labute approximate surface area is 144 Å². The van der Waals surface area contributed by atoms with Crippen LogP contribution in [0.1, 0.15) is 29.0 Å². The number of hydrogen-bond donors (Lipinski definition) is 1. The quantitative estimate of drug-likeness (QED) is 0.704. The summed E-state index contributed by atoms with van der Waals surface area (Å²) in [5, 5.41) is 3.73. The molecule has 0 fully saturated rings. The zero-order valence-electron chi connectivity index (χ0n) is 12.6. The molecule has 1 N–H and O–H groups in total. The highest BCUT2D eigenvalue weighted by Gasteiger charge is 2.24. The van der Waals surface area contributed by atoms with E-state index in [9.17, 15) is 8.42 Å². The Morgan fingerprint density at radius 2 is 1.70 bits per heavy atom. The summed E-state index contributed by atoms with van der Waals surface area (Å²) in [5.41, 5.74) is 2.18. The monoisotopic (exact) mass is 363 g/mol. The molecule has 1 unspecified atom stereocenters. The first-order valence-electron chi connectivity index (χ1n) is 7.28. The van der Waals surface area contributed by atoms with Gasteiger partial charge in [-0.15, -0.1) is 22.7 Å². The van der Waals surface area contributed by atoms with Crippen LogP contribution < -0.4 is 4.72 Å². The van der Waals surface area contributed by atoms with Crippen LogP contribution in [-0.2, 0) is 16.4 Å². The van der Waals surface area contributed by atoms with Crippen LogP contribution in [0.3, 0.4) is 0 Å². The van der Waals surface area contributed by atoms with Crippen molar-refractivity contribution < 1.29 is 8.42 Å². The lowest BCUT2D eigenvalue weighted by molar-refractivity contribution is 0.575. The Balaban J connectivity index is 1.96. The molecule has 3 aromatic rings. The summed E-state index contributed by atoms with van der Waals surface area (Å²) in [6.45, 7) is 2.10. The summed E-state index contributed by atoms with van der Waals surface area (Å²) in [4.78, 5) is 0.981. The number of sulfonamides is 1. The molecule has 120 valence electrons. The third kappa shape index (κ3) is 3.72. The van der Waals surface area contributed by atoms with Crippen LogP contribution in [0, 0.1) is 0 Å². The highest BCUT2D eigenvalue weighted by molar-refractivity contribution is 7.91. The van der Waals surface area contributed by atoms with E-state index in [-0.39, 0.29) is 6.04 Å². The molecule has 6 heteroatoms. The van der Waals surface area contributed by atoms with Crippen molar-refractivity contribution in [1.29, 1.82) is 0 Å². The molecule has 0 aliphatic carbocycles. The highest BCUT2D eigenvalue weighted by atomic mass is 32.2. The Morgan fingerprint density at radius 1 is 1.00 bits per heavy atom. The van der Waals surface area contributed by atoms with Gasteiger partial charge >= 0.3 is 0 Å². The molecule has 1 aromatic carbocycles. The van der Waals surface area contributed by atoms with Crippen LogP contribution in [0.4, 0.5) is 0 Å². The number of benzene rings is 1. The molecule has 23 heavy (non-hydrogen) atoms. The molecule has 0 radical (unpaired) electrons. The van der Waals surface area contributed by atoms with Gasteiger partial charge in [0.05, 0.1) is 6.04 Å². The second kappa shape index (κ2) is 6.97. The van der Waals surface area contributed by atoms with Gasteiger partial charge in [0.1, 0.15) is 4.21 Å². The van der Waals surface area contributed by atoms with Gasteiger partial charge in [0.2, 0.25) is 0 Å². The Kier molecular flexibility index (Phi) is 4.96. The van der Waals surface area contributed by atoms with Gasteiger partial charge in [0.25, 0.3) is 10.0 Å². The largest absolute Gasteiger partial charge is 0.250 e. The van der Waals surface area contributed by atoms with E-state index in [1.165, 1.54) is 16.9 Å². The normalized spacial score (nSPS) is 13.1. The summed E-state index contributed by atoms with van der Waals surface area (Å²) < 4.78 is 28.4. The van der Waals surface area contributed by atoms with E-state index in [2.05, 4.69) is 23.8 Å². The number of aryl methyl sites for hydroxylation is 1. The first-order valence-corrected chi connectivity index (χ1v) is 10.5. The first-order chi connectivity index (χ1) is 11.1. The molecular formula is C17H17NO2S3. The van der Waals surface area contributed by atoms with Crippen molar-refractivity contribution in [2.75, 3.05) is 0 Å². The lowest BCUT2D eigenvalue weighted by atomic mass is 10.0. The molecule has 3 rings (SSSR count). The van der Waals surface area contributed by atoms with Crippen LogP contribution >= 0.6 is 22.7 Å². The number of rotatable bonds is 6. The van der Waals surface area contributed by atoms with Crippen LogP contribution in [0.25, 0.3) is 0 Å².